The van der Waals surface area contributed by atoms with Gasteiger partial charge in [-0.05, 0) is 50.3 Å². The summed E-state index contributed by atoms with van der Waals surface area (Å²) in [6.07, 6.45) is 8.51. The molecule has 1 saturated carbocycles. The van der Waals surface area contributed by atoms with Crippen LogP contribution in [0, 0.1) is 5.92 Å². The maximum Gasteiger partial charge on any atom is 0.173 e. The van der Waals surface area contributed by atoms with Crippen LogP contribution in [-0.4, -0.2) is 5.78 Å². The highest BCUT2D eigenvalue weighted by Crippen LogP contribution is 2.33. The maximum absolute atomic E-state index is 12.1. The molecule has 0 atom stereocenters. The van der Waals surface area contributed by atoms with E-state index >= 15 is 0 Å². The first-order valence-corrected chi connectivity index (χ1v) is 8.55. The Bertz CT molecular complexity index is 394. The summed E-state index contributed by atoms with van der Waals surface area (Å²) in [6, 6.07) is 1.96. The third kappa shape index (κ3) is 3.90. The highest BCUT2D eigenvalue weighted by atomic mass is 79.9. The summed E-state index contributed by atoms with van der Waals surface area (Å²) < 4.78 is 1.95. The lowest BCUT2D eigenvalue weighted by molar-refractivity contribution is 0.0973. The van der Waals surface area contributed by atoms with Crippen molar-refractivity contribution in [2.75, 3.05) is 0 Å². The highest BCUT2D eigenvalue weighted by Gasteiger charge is 2.18. The minimum atomic E-state index is 0.290. The van der Waals surface area contributed by atoms with E-state index in [1.807, 2.05) is 6.07 Å². The van der Waals surface area contributed by atoms with Crippen molar-refractivity contribution in [2.24, 2.45) is 5.92 Å². The third-order valence-electron chi connectivity index (χ3n) is 3.41. The first-order chi connectivity index (χ1) is 8.16. The summed E-state index contributed by atoms with van der Waals surface area (Å²) in [5.41, 5.74) is 0. The van der Waals surface area contributed by atoms with Gasteiger partial charge in [0.15, 0.2) is 5.78 Å². The molecular formula is C13H16Br2OS. The standard InChI is InChI=1S/C13H16Br2OS/c14-10-8-12(15)17-13(10)11(16)7-6-9-4-2-1-3-5-9/h8-9H,1-7H2. The topological polar surface area (TPSA) is 17.1 Å². The molecule has 94 valence electrons. The lowest BCUT2D eigenvalue weighted by atomic mass is 9.85. The van der Waals surface area contributed by atoms with E-state index in [4.69, 9.17) is 0 Å². The van der Waals surface area contributed by atoms with Crippen LogP contribution in [0.1, 0.15) is 54.6 Å². The molecule has 0 bridgehead atoms. The number of thiophene rings is 1. The van der Waals surface area contributed by atoms with Gasteiger partial charge in [-0.2, -0.15) is 0 Å². The molecule has 1 heterocycles. The van der Waals surface area contributed by atoms with Crippen molar-refractivity contribution in [3.63, 3.8) is 0 Å². The van der Waals surface area contributed by atoms with Gasteiger partial charge in [-0.1, -0.05) is 32.1 Å². The lowest BCUT2D eigenvalue weighted by Gasteiger charge is -2.20. The number of ketones is 1. The van der Waals surface area contributed by atoms with Crippen LogP contribution in [0.5, 0.6) is 0 Å². The van der Waals surface area contributed by atoms with Gasteiger partial charge in [0, 0.05) is 10.9 Å². The van der Waals surface area contributed by atoms with E-state index in [0.717, 1.165) is 25.5 Å². The zero-order valence-corrected chi connectivity index (χ0v) is 13.7. The molecule has 0 amide bonds. The predicted octanol–water partition coefficient (Wildman–Crippen LogP) is 5.82. The van der Waals surface area contributed by atoms with Crippen LogP contribution in [0.4, 0.5) is 0 Å². The minimum absolute atomic E-state index is 0.290. The highest BCUT2D eigenvalue weighted by molar-refractivity contribution is 9.11. The Labute approximate surface area is 123 Å². The second-order valence-corrected chi connectivity index (χ2v) is 7.98. The molecule has 17 heavy (non-hydrogen) atoms. The van der Waals surface area contributed by atoms with Gasteiger partial charge in [0.2, 0.25) is 0 Å². The quantitative estimate of drug-likeness (QED) is 0.602. The van der Waals surface area contributed by atoms with E-state index in [1.165, 1.54) is 43.4 Å². The summed E-state index contributed by atoms with van der Waals surface area (Å²) in [6.45, 7) is 0. The number of hydrogen-bond acceptors (Lipinski definition) is 2. The van der Waals surface area contributed by atoms with Gasteiger partial charge >= 0.3 is 0 Å². The SMILES string of the molecule is O=C(CCC1CCCCC1)c1sc(Br)cc1Br. The van der Waals surface area contributed by atoms with Crippen molar-refractivity contribution >= 4 is 49.0 Å². The fourth-order valence-electron chi connectivity index (χ4n) is 2.46. The van der Waals surface area contributed by atoms with Crippen LogP contribution in [-0.2, 0) is 0 Å². The Morgan fingerprint density at radius 1 is 1.29 bits per heavy atom. The van der Waals surface area contributed by atoms with Crippen molar-refractivity contribution in [3.05, 3.63) is 19.2 Å². The first kappa shape index (κ1) is 13.8. The molecule has 1 aliphatic rings. The smallest absolute Gasteiger partial charge is 0.173 e. The maximum atomic E-state index is 12.1. The minimum Gasteiger partial charge on any atom is -0.293 e. The Morgan fingerprint density at radius 3 is 2.59 bits per heavy atom. The van der Waals surface area contributed by atoms with Gasteiger partial charge in [0.1, 0.15) is 0 Å². The Balaban J connectivity index is 1.86. The van der Waals surface area contributed by atoms with E-state index in [0.29, 0.717) is 6.42 Å². The van der Waals surface area contributed by atoms with E-state index in [9.17, 15) is 4.79 Å². The largest absolute Gasteiger partial charge is 0.293 e. The van der Waals surface area contributed by atoms with Gasteiger partial charge in [-0.25, -0.2) is 0 Å². The summed E-state index contributed by atoms with van der Waals surface area (Å²) in [4.78, 5) is 12.9. The molecular weight excluding hydrogens is 364 g/mol. The molecule has 2 rings (SSSR count). The molecule has 1 aromatic rings. The summed E-state index contributed by atoms with van der Waals surface area (Å²) in [7, 11) is 0. The van der Waals surface area contributed by atoms with Crippen molar-refractivity contribution < 1.29 is 4.79 Å². The molecule has 1 aliphatic carbocycles. The molecule has 4 heteroatoms. The first-order valence-electron chi connectivity index (χ1n) is 6.15. The van der Waals surface area contributed by atoms with Crippen LogP contribution in [0.25, 0.3) is 0 Å². The fourth-order valence-corrected chi connectivity index (χ4v) is 5.07. The average Bonchev–Trinajstić information content (AvgIpc) is 2.67. The number of hydrogen-bond donors (Lipinski definition) is 0. The third-order valence-corrected chi connectivity index (χ3v) is 5.98. The van der Waals surface area contributed by atoms with Gasteiger partial charge in [-0.3, -0.25) is 4.79 Å². The van der Waals surface area contributed by atoms with Crippen LogP contribution in [0.3, 0.4) is 0 Å². The number of carbonyl (C=O) groups is 1. The summed E-state index contributed by atoms with van der Waals surface area (Å²) in [5.74, 6) is 1.08. The van der Waals surface area contributed by atoms with E-state index in [-0.39, 0.29) is 5.78 Å². The lowest BCUT2D eigenvalue weighted by Crippen LogP contribution is -2.08. The molecule has 0 aliphatic heterocycles. The summed E-state index contributed by atoms with van der Waals surface area (Å²) >= 11 is 8.39. The Kier molecular flexibility index (Phi) is 5.25. The number of halogens is 2. The molecule has 0 aromatic carbocycles. The molecule has 0 N–H and O–H groups in total. The molecule has 1 fully saturated rings. The van der Waals surface area contributed by atoms with Crippen LogP contribution >= 0.6 is 43.2 Å². The Hall–Kier alpha value is 0.330. The summed E-state index contributed by atoms with van der Waals surface area (Å²) in [5, 5.41) is 0. The number of rotatable bonds is 4. The second kappa shape index (κ2) is 6.48. The second-order valence-electron chi connectivity index (χ2n) is 4.69. The average molecular weight is 380 g/mol. The van der Waals surface area contributed by atoms with Gasteiger partial charge in [-0.15, -0.1) is 11.3 Å². The van der Waals surface area contributed by atoms with Gasteiger partial charge in [0.25, 0.3) is 0 Å². The van der Waals surface area contributed by atoms with Gasteiger partial charge in [0.05, 0.1) is 8.66 Å². The fraction of sp³-hybridized carbons (Fsp3) is 0.615. The van der Waals surface area contributed by atoms with Crippen molar-refractivity contribution in [3.8, 4) is 0 Å². The molecule has 0 radical (unpaired) electrons. The van der Waals surface area contributed by atoms with Crippen LogP contribution < -0.4 is 0 Å². The van der Waals surface area contributed by atoms with Crippen molar-refractivity contribution in [1.29, 1.82) is 0 Å². The number of carbonyl (C=O) groups excluding carboxylic acids is 1. The van der Waals surface area contributed by atoms with Gasteiger partial charge < -0.3 is 0 Å². The van der Waals surface area contributed by atoms with E-state index < -0.39 is 0 Å². The normalized spacial score (nSPS) is 17.3. The molecule has 1 aromatic heterocycles. The monoisotopic (exact) mass is 378 g/mol. The predicted molar refractivity (Wildman–Crippen MR) is 79.9 cm³/mol. The van der Waals surface area contributed by atoms with Crippen LogP contribution in [0.2, 0.25) is 0 Å². The van der Waals surface area contributed by atoms with Crippen molar-refractivity contribution in [1.82, 2.24) is 0 Å². The van der Waals surface area contributed by atoms with Crippen molar-refractivity contribution in [2.45, 2.75) is 44.9 Å². The molecule has 1 nitrogen and oxygen atoms in total. The number of Topliss-reactive ketones (excluding diaryl/α,β-unsaturated/α-hetero) is 1. The molecule has 0 unspecified atom stereocenters. The Morgan fingerprint density at radius 2 is 2.00 bits per heavy atom. The molecule has 0 spiro atoms. The van der Waals surface area contributed by atoms with E-state index in [1.54, 1.807) is 0 Å². The zero-order chi connectivity index (χ0) is 12.3. The zero-order valence-electron chi connectivity index (χ0n) is 9.68. The van der Waals surface area contributed by atoms with Crippen LogP contribution in [0.15, 0.2) is 14.3 Å². The van der Waals surface area contributed by atoms with E-state index in [2.05, 4.69) is 31.9 Å². The molecule has 0 saturated heterocycles.